The topological polar surface area (TPSA) is 105 Å². The normalized spacial score (nSPS) is 11.5. The smallest absolute Gasteiger partial charge is 0.331 e. The average Bonchev–Trinajstić information content (AvgIpc) is 2.36. The maximum atomic E-state index is 11.5. The van der Waals surface area contributed by atoms with Crippen molar-refractivity contribution in [3.05, 3.63) is 11.1 Å². The summed E-state index contributed by atoms with van der Waals surface area (Å²) in [7, 11) is 1.60. The minimum absolute atomic E-state index is 0.00188. The second-order valence-corrected chi connectivity index (χ2v) is 3.97. The Kier molecular flexibility index (Phi) is 8.19. The summed E-state index contributed by atoms with van der Waals surface area (Å²) in [4.78, 5) is 33.5. The molecule has 7 nitrogen and oxygen atoms in total. The average molecular weight is 272 g/mol. The fourth-order valence-electron chi connectivity index (χ4n) is 1.15. The summed E-state index contributed by atoms with van der Waals surface area (Å²) in [5.74, 6) is -1.90. The van der Waals surface area contributed by atoms with Gasteiger partial charge in [-0.1, -0.05) is 0 Å². The van der Waals surface area contributed by atoms with Gasteiger partial charge in [0.2, 0.25) is 0 Å². The first-order valence-corrected chi connectivity index (χ1v) is 5.89. The van der Waals surface area contributed by atoms with Crippen LogP contribution in [0.3, 0.4) is 0 Å². The lowest BCUT2D eigenvalue weighted by Crippen LogP contribution is -2.40. The Bertz CT molecular complexity index is 376. The maximum Gasteiger partial charge on any atom is 0.331 e. The van der Waals surface area contributed by atoms with E-state index in [0.29, 0.717) is 13.2 Å². The Morgan fingerprint density at radius 2 is 1.74 bits per heavy atom. The molecule has 0 aliphatic heterocycles. The minimum Gasteiger partial charge on any atom is -0.478 e. The summed E-state index contributed by atoms with van der Waals surface area (Å²) in [5.41, 5.74) is -0.0903. The molecule has 0 fully saturated rings. The molecule has 0 aromatic rings. The van der Waals surface area contributed by atoms with Gasteiger partial charge in [0.05, 0.1) is 0 Å². The van der Waals surface area contributed by atoms with Crippen LogP contribution in [0.4, 0.5) is 4.79 Å². The second kappa shape index (κ2) is 9.09. The van der Waals surface area contributed by atoms with Gasteiger partial charge in [-0.25, -0.2) is 9.59 Å². The highest BCUT2D eigenvalue weighted by Crippen LogP contribution is 2.03. The molecule has 3 amide bonds. The van der Waals surface area contributed by atoms with Crippen molar-refractivity contribution in [1.29, 1.82) is 0 Å². The van der Waals surface area contributed by atoms with Gasteiger partial charge >= 0.3 is 12.0 Å². The zero-order valence-corrected chi connectivity index (χ0v) is 11.4. The Hall–Kier alpha value is -1.89. The van der Waals surface area contributed by atoms with Gasteiger partial charge in [-0.2, -0.15) is 0 Å². The van der Waals surface area contributed by atoms with Crippen molar-refractivity contribution in [3.8, 4) is 0 Å². The highest BCUT2D eigenvalue weighted by molar-refractivity contribution is 6.07. The van der Waals surface area contributed by atoms with Gasteiger partial charge < -0.3 is 15.2 Å². The van der Waals surface area contributed by atoms with E-state index >= 15 is 0 Å². The summed E-state index contributed by atoms with van der Waals surface area (Å²) in [6.07, 6.45) is 1.54. The number of aliphatic carboxylic acids is 1. The van der Waals surface area contributed by atoms with Crippen LogP contribution in [0.2, 0.25) is 0 Å². The molecule has 0 saturated carbocycles. The predicted molar refractivity (Wildman–Crippen MR) is 68.7 cm³/mol. The molecule has 0 radical (unpaired) electrons. The second-order valence-electron chi connectivity index (χ2n) is 3.97. The van der Waals surface area contributed by atoms with E-state index in [9.17, 15) is 14.4 Å². The van der Waals surface area contributed by atoms with Crippen LogP contribution in [-0.2, 0) is 14.3 Å². The van der Waals surface area contributed by atoms with E-state index in [2.05, 4.69) is 10.6 Å². The Labute approximate surface area is 112 Å². The summed E-state index contributed by atoms with van der Waals surface area (Å²) in [6, 6.07) is -0.639. The van der Waals surface area contributed by atoms with E-state index in [-0.39, 0.29) is 11.1 Å². The van der Waals surface area contributed by atoms with Gasteiger partial charge in [0.15, 0.2) is 0 Å². The lowest BCUT2D eigenvalue weighted by molar-refractivity contribution is -0.133. The van der Waals surface area contributed by atoms with Gasteiger partial charge in [0.25, 0.3) is 5.91 Å². The molecule has 3 N–H and O–H groups in total. The standard InChI is InChI=1S/C12H20N2O5/c1-8(9(2)11(16)17)10(15)14-12(18)13-6-4-5-7-19-3/h4-7H2,1-3H3,(H,16,17)(H2,13,14,15,18). The lowest BCUT2D eigenvalue weighted by atomic mass is 10.1. The van der Waals surface area contributed by atoms with Crippen molar-refractivity contribution in [2.24, 2.45) is 0 Å². The monoisotopic (exact) mass is 272 g/mol. The SMILES string of the molecule is COCCCCNC(=O)NC(=O)C(C)=C(C)C(=O)O. The molecule has 0 rings (SSSR count). The van der Waals surface area contributed by atoms with Gasteiger partial charge in [-0.15, -0.1) is 0 Å². The summed E-state index contributed by atoms with van der Waals surface area (Å²) >= 11 is 0. The number of hydrogen-bond acceptors (Lipinski definition) is 4. The first-order valence-electron chi connectivity index (χ1n) is 5.89. The number of unbranched alkanes of at least 4 members (excludes halogenated alkanes) is 1. The molecular formula is C12H20N2O5. The maximum absolute atomic E-state index is 11.5. The number of nitrogens with one attached hydrogen (secondary N) is 2. The Morgan fingerprint density at radius 3 is 2.26 bits per heavy atom. The number of imide groups is 1. The van der Waals surface area contributed by atoms with Crippen molar-refractivity contribution in [2.45, 2.75) is 26.7 Å². The van der Waals surface area contributed by atoms with Crippen LogP contribution in [0.5, 0.6) is 0 Å². The van der Waals surface area contributed by atoms with E-state index in [0.717, 1.165) is 12.8 Å². The molecule has 0 aromatic heterocycles. The lowest BCUT2D eigenvalue weighted by Gasteiger charge is -2.07. The molecule has 0 unspecified atom stereocenters. The molecule has 108 valence electrons. The van der Waals surface area contributed by atoms with Crippen LogP contribution >= 0.6 is 0 Å². The summed E-state index contributed by atoms with van der Waals surface area (Å²) in [6.45, 7) is 3.69. The van der Waals surface area contributed by atoms with E-state index < -0.39 is 17.9 Å². The van der Waals surface area contributed by atoms with Crippen LogP contribution < -0.4 is 10.6 Å². The zero-order valence-electron chi connectivity index (χ0n) is 11.4. The Morgan fingerprint density at radius 1 is 1.11 bits per heavy atom. The van der Waals surface area contributed by atoms with Gasteiger partial charge in [0.1, 0.15) is 0 Å². The first-order chi connectivity index (χ1) is 8.90. The highest BCUT2D eigenvalue weighted by atomic mass is 16.5. The quantitative estimate of drug-likeness (QED) is 0.466. The van der Waals surface area contributed by atoms with Crippen LogP contribution in [0, 0.1) is 0 Å². The van der Waals surface area contributed by atoms with Crippen LogP contribution in [0.25, 0.3) is 0 Å². The molecule has 0 saturated heterocycles. The number of methoxy groups -OCH3 is 1. The third-order valence-electron chi connectivity index (χ3n) is 2.51. The van der Waals surface area contributed by atoms with E-state index in [1.54, 1.807) is 7.11 Å². The van der Waals surface area contributed by atoms with Gasteiger partial charge in [-0.3, -0.25) is 10.1 Å². The molecule has 0 bridgehead atoms. The van der Waals surface area contributed by atoms with Crippen molar-refractivity contribution < 1.29 is 24.2 Å². The van der Waals surface area contributed by atoms with Gasteiger partial charge in [-0.05, 0) is 26.7 Å². The largest absolute Gasteiger partial charge is 0.478 e. The minimum atomic E-state index is -1.19. The number of rotatable bonds is 7. The van der Waals surface area contributed by atoms with E-state index in [1.165, 1.54) is 13.8 Å². The van der Waals surface area contributed by atoms with Crippen molar-refractivity contribution in [1.82, 2.24) is 10.6 Å². The molecule has 0 aromatic carbocycles. The van der Waals surface area contributed by atoms with E-state index in [1.807, 2.05) is 0 Å². The third kappa shape index (κ3) is 7.20. The number of carboxylic acid groups (broad SMARTS) is 1. The summed E-state index contributed by atoms with van der Waals surface area (Å²) < 4.78 is 4.85. The number of urea groups is 1. The van der Waals surface area contributed by atoms with Gasteiger partial charge in [0, 0.05) is 31.4 Å². The molecule has 7 heteroatoms. The van der Waals surface area contributed by atoms with Crippen molar-refractivity contribution >= 4 is 17.9 Å². The number of carbonyl (C=O) groups is 3. The Balaban J connectivity index is 4.10. The fourth-order valence-corrected chi connectivity index (χ4v) is 1.15. The summed E-state index contributed by atoms with van der Waals surface area (Å²) in [5, 5.41) is 13.3. The van der Waals surface area contributed by atoms with E-state index in [4.69, 9.17) is 9.84 Å². The zero-order chi connectivity index (χ0) is 14.8. The fraction of sp³-hybridized carbons (Fsp3) is 0.583. The predicted octanol–water partition coefficient (Wildman–Crippen LogP) is 0.660. The molecular weight excluding hydrogens is 252 g/mol. The van der Waals surface area contributed by atoms with Crippen molar-refractivity contribution in [3.63, 3.8) is 0 Å². The number of carbonyl (C=O) groups excluding carboxylic acids is 2. The highest BCUT2D eigenvalue weighted by Gasteiger charge is 2.14. The molecule has 0 aliphatic rings. The number of hydrogen-bond donors (Lipinski definition) is 3. The van der Waals surface area contributed by atoms with Crippen LogP contribution in [0.15, 0.2) is 11.1 Å². The van der Waals surface area contributed by atoms with Crippen LogP contribution in [-0.4, -0.2) is 43.3 Å². The number of amides is 3. The third-order valence-corrected chi connectivity index (χ3v) is 2.51. The molecule has 0 aliphatic carbocycles. The number of ether oxygens (including phenoxy) is 1. The molecule has 0 heterocycles. The van der Waals surface area contributed by atoms with Crippen molar-refractivity contribution in [2.75, 3.05) is 20.3 Å². The van der Waals surface area contributed by atoms with Crippen LogP contribution in [0.1, 0.15) is 26.7 Å². The molecule has 19 heavy (non-hydrogen) atoms. The first kappa shape index (κ1) is 17.1. The molecule has 0 spiro atoms. The number of carboxylic acids is 1. The molecule has 0 atom stereocenters.